The van der Waals surface area contributed by atoms with Crippen LogP contribution in [0.15, 0.2) is 88.5 Å². The number of nitrogens with zero attached hydrogens (tertiary/aromatic N) is 1. The number of hydrogen-bond donors (Lipinski definition) is 2. The van der Waals surface area contributed by atoms with Crippen LogP contribution in [0.25, 0.3) is 33.1 Å². The minimum absolute atomic E-state index is 0.123. The fourth-order valence-corrected chi connectivity index (χ4v) is 3.39. The summed E-state index contributed by atoms with van der Waals surface area (Å²) in [6, 6.07) is 19.7. The molecule has 0 unspecified atom stereocenters. The van der Waals surface area contributed by atoms with Crippen molar-refractivity contribution in [1.82, 2.24) is 9.97 Å². The summed E-state index contributed by atoms with van der Waals surface area (Å²) in [5, 5.41) is 6.50. The molecule has 5 nitrogen and oxygen atoms in total. The number of fused-ring (bicyclic) bond motifs is 2. The molecule has 28 heavy (non-hydrogen) atoms. The second-order valence-electron chi connectivity index (χ2n) is 6.69. The molecule has 5 aromatic rings. The van der Waals surface area contributed by atoms with Gasteiger partial charge in [0.2, 0.25) is 5.56 Å². The van der Waals surface area contributed by atoms with Crippen LogP contribution in [0.4, 0.5) is 5.69 Å². The van der Waals surface area contributed by atoms with Crippen molar-refractivity contribution in [3.63, 3.8) is 0 Å². The minimum atomic E-state index is -0.123. The van der Waals surface area contributed by atoms with E-state index in [-0.39, 0.29) is 5.56 Å². The highest BCUT2D eigenvalue weighted by atomic mass is 16.3. The number of aromatic nitrogens is 2. The van der Waals surface area contributed by atoms with Crippen molar-refractivity contribution in [2.24, 2.45) is 0 Å². The van der Waals surface area contributed by atoms with Crippen molar-refractivity contribution < 1.29 is 4.42 Å². The smallest absolute Gasteiger partial charge is 0.249 e. The molecule has 0 fully saturated rings. The lowest BCUT2D eigenvalue weighted by molar-refractivity contribution is 0.632. The highest BCUT2D eigenvalue weighted by Crippen LogP contribution is 2.32. The van der Waals surface area contributed by atoms with Crippen LogP contribution in [0.1, 0.15) is 5.56 Å². The molecule has 2 aromatic carbocycles. The standard InChI is InChI=1S/C23H17N3O2/c27-23-11-18(7-8-25-23)26-12-15-5-6-17-13-24-14-20(19(17)9-15)22-10-16-3-1-2-4-21(16)28-22/h1-11,13-14H,12H2,(H2,25,26,27). The molecule has 0 atom stereocenters. The van der Waals surface area contributed by atoms with Crippen LogP contribution in [-0.2, 0) is 6.54 Å². The summed E-state index contributed by atoms with van der Waals surface area (Å²) < 4.78 is 6.05. The molecule has 3 aromatic heterocycles. The van der Waals surface area contributed by atoms with E-state index in [0.29, 0.717) is 6.54 Å². The average Bonchev–Trinajstić information content (AvgIpc) is 3.16. The fourth-order valence-electron chi connectivity index (χ4n) is 3.39. The van der Waals surface area contributed by atoms with Crippen LogP contribution in [0.2, 0.25) is 0 Å². The Hall–Kier alpha value is -3.86. The van der Waals surface area contributed by atoms with Gasteiger partial charge in [-0.05, 0) is 35.2 Å². The number of aromatic amines is 1. The Morgan fingerprint density at radius 1 is 0.964 bits per heavy atom. The van der Waals surface area contributed by atoms with E-state index in [0.717, 1.165) is 44.3 Å². The van der Waals surface area contributed by atoms with Gasteiger partial charge in [0.05, 0.1) is 0 Å². The molecule has 5 heteroatoms. The van der Waals surface area contributed by atoms with Crippen molar-refractivity contribution in [2.75, 3.05) is 5.32 Å². The third-order valence-electron chi connectivity index (χ3n) is 4.79. The molecule has 0 saturated carbocycles. The summed E-state index contributed by atoms with van der Waals surface area (Å²) in [4.78, 5) is 18.4. The third-order valence-corrected chi connectivity index (χ3v) is 4.79. The lowest BCUT2D eigenvalue weighted by atomic mass is 10.0. The Labute approximate surface area is 160 Å². The van der Waals surface area contributed by atoms with Crippen molar-refractivity contribution in [3.05, 3.63) is 95.2 Å². The summed E-state index contributed by atoms with van der Waals surface area (Å²) in [6.07, 6.45) is 5.33. The molecule has 0 saturated heterocycles. The van der Waals surface area contributed by atoms with Gasteiger partial charge in [0.25, 0.3) is 0 Å². The second-order valence-corrected chi connectivity index (χ2v) is 6.69. The molecule has 0 aliphatic carbocycles. The lowest BCUT2D eigenvalue weighted by Gasteiger charge is -2.09. The van der Waals surface area contributed by atoms with E-state index >= 15 is 0 Å². The zero-order chi connectivity index (χ0) is 18.9. The van der Waals surface area contributed by atoms with Gasteiger partial charge in [-0.1, -0.05) is 30.3 Å². The van der Waals surface area contributed by atoms with E-state index in [1.165, 1.54) is 0 Å². The van der Waals surface area contributed by atoms with Gasteiger partial charge in [0.15, 0.2) is 0 Å². The number of rotatable bonds is 4. The topological polar surface area (TPSA) is 70.9 Å². The summed E-state index contributed by atoms with van der Waals surface area (Å²) >= 11 is 0. The zero-order valence-electron chi connectivity index (χ0n) is 15.0. The SMILES string of the molecule is O=c1cc(NCc2ccc3cncc(-c4cc5ccccc5o4)c3c2)cc[nH]1. The summed E-state index contributed by atoms with van der Waals surface area (Å²) in [5.74, 6) is 0.805. The first-order valence-corrected chi connectivity index (χ1v) is 9.04. The van der Waals surface area contributed by atoms with Gasteiger partial charge < -0.3 is 14.7 Å². The number of para-hydroxylation sites is 1. The van der Waals surface area contributed by atoms with Gasteiger partial charge in [-0.15, -0.1) is 0 Å². The van der Waals surface area contributed by atoms with Gasteiger partial charge in [0, 0.05) is 53.2 Å². The van der Waals surface area contributed by atoms with Crippen LogP contribution >= 0.6 is 0 Å². The number of furan rings is 1. The summed E-state index contributed by atoms with van der Waals surface area (Å²) in [5.41, 5.74) is 3.60. The predicted octanol–water partition coefficient (Wildman–Crippen LogP) is 4.95. The maximum atomic E-state index is 11.4. The lowest BCUT2D eigenvalue weighted by Crippen LogP contribution is -2.06. The van der Waals surface area contributed by atoms with Gasteiger partial charge in [0.1, 0.15) is 11.3 Å². The Morgan fingerprint density at radius 2 is 1.89 bits per heavy atom. The molecule has 0 radical (unpaired) electrons. The number of pyridine rings is 2. The van der Waals surface area contributed by atoms with Crippen LogP contribution in [0.5, 0.6) is 0 Å². The van der Waals surface area contributed by atoms with E-state index in [4.69, 9.17) is 4.42 Å². The molecule has 0 bridgehead atoms. The minimum Gasteiger partial charge on any atom is -0.456 e. The first kappa shape index (κ1) is 16.3. The zero-order valence-corrected chi connectivity index (χ0v) is 15.0. The summed E-state index contributed by atoms with van der Waals surface area (Å²) in [6.45, 7) is 0.612. The number of H-pyrrole nitrogens is 1. The quantitative estimate of drug-likeness (QED) is 0.471. The number of nitrogens with one attached hydrogen (secondary N) is 2. The molecule has 0 spiro atoms. The molecular formula is C23H17N3O2. The molecule has 0 aliphatic rings. The van der Waals surface area contributed by atoms with Crippen molar-refractivity contribution in [1.29, 1.82) is 0 Å². The van der Waals surface area contributed by atoms with Gasteiger partial charge in [-0.25, -0.2) is 0 Å². The van der Waals surface area contributed by atoms with Gasteiger partial charge >= 0.3 is 0 Å². The molecule has 2 N–H and O–H groups in total. The van der Waals surface area contributed by atoms with Crippen LogP contribution in [0.3, 0.4) is 0 Å². The van der Waals surface area contributed by atoms with Crippen molar-refractivity contribution >= 4 is 27.4 Å². The van der Waals surface area contributed by atoms with Crippen LogP contribution in [0, 0.1) is 0 Å². The Bertz CT molecular complexity index is 1320. The van der Waals surface area contributed by atoms with Crippen molar-refractivity contribution in [2.45, 2.75) is 6.54 Å². The van der Waals surface area contributed by atoms with E-state index in [1.54, 1.807) is 12.3 Å². The number of hydrogen-bond acceptors (Lipinski definition) is 4. The largest absolute Gasteiger partial charge is 0.456 e. The monoisotopic (exact) mass is 367 g/mol. The van der Waals surface area contributed by atoms with E-state index < -0.39 is 0 Å². The maximum absolute atomic E-state index is 11.4. The molecule has 136 valence electrons. The Kier molecular flexibility index (Phi) is 3.91. The number of benzene rings is 2. The Morgan fingerprint density at radius 3 is 2.79 bits per heavy atom. The molecule has 5 rings (SSSR count). The normalized spacial score (nSPS) is 11.1. The maximum Gasteiger partial charge on any atom is 0.249 e. The van der Waals surface area contributed by atoms with E-state index in [1.807, 2.05) is 48.8 Å². The average molecular weight is 367 g/mol. The molecule has 0 aliphatic heterocycles. The van der Waals surface area contributed by atoms with Crippen LogP contribution < -0.4 is 10.9 Å². The molecule has 3 heterocycles. The summed E-state index contributed by atoms with van der Waals surface area (Å²) in [7, 11) is 0. The highest BCUT2D eigenvalue weighted by molar-refractivity contribution is 5.97. The third kappa shape index (κ3) is 3.03. The molecular weight excluding hydrogens is 350 g/mol. The van der Waals surface area contributed by atoms with Crippen molar-refractivity contribution in [3.8, 4) is 11.3 Å². The first-order chi connectivity index (χ1) is 13.8. The highest BCUT2D eigenvalue weighted by Gasteiger charge is 2.10. The van der Waals surface area contributed by atoms with E-state index in [9.17, 15) is 4.79 Å². The predicted molar refractivity (Wildman–Crippen MR) is 111 cm³/mol. The molecule has 0 amide bonds. The fraction of sp³-hybridized carbons (Fsp3) is 0.0435. The second kappa shape index (κ2) is 6.70. The van der Waals surface area contributed by atoms with Gasteiger partial charge in [-0.2, -0.15) is 0 Å². The number of anilines is 1. The van der Waals surface area contributed by atoms with Crippen LogP contribution in [-0.4, -0.2) is 9.97 Å². The first-order valence-electron chi connectivity index (χ1n) is 9.04. The van der Waals surface area contributed by atoms with Gasteiger partial charge in [-0.3, -0.25) is 9.78 Å². The Balaban J connectivity index is 1.53. The van der Waals surface area contributed by atoms with E-state index in [2.05, 4.69) is 33.5 Å².